The second kappa shape index (κ2) is 15.5. The Morgan fingerprint density at radius 3 is 1.64 bits per heavy atom. The van der Waals surface area contributed by atoms with Crippen LogP contribution in [0.5, 0.6) is 0 Å². The van der Waals surface area contributed by atoms with E-state index in [0.717, 1.165) is 0 Å². The Hall–Kier alpha value is -0.720. The van der Waals surface area contributed by atoms with Gasteiger partial charge in [-0.25, -0.2) is 0 Å². The van der Waals surface area contributed by atoms with E-state index in [9.17, 15) is 66.4 Å². The van der Waals surface area contributed by atoms with Crippen molar-refractivity contribution in [3.8, 4) is 0 Å². The zero-order chi connectivity index (χ0) is 32.5. The number of rotatable bonds is 10. The Labute approximate surface area is 252 Å². The van der Waals surface area contributed by atoms with Crippen molar-refractivity contribution < 1.29 is 90.1 Å². The maximum Gasteiger partial charge on any atom is 0.187 e. The molecule has 2 saturated heterocycles. The topological polar surface area (TPSA) is 309 Å². The van der Waals surface area contributed by atoms with E-state index < -0.39 is 142 Å². The van der Waals surface area contributed by atoms with E-state index in [1.54, 1.807) is 0 Å². The van der Waals surface area contributed by atoms with Crippen molar-refractivity contribution in [1.82, 2.24) is 0 Å². The van der Waals surface area contributed by atoms with Crippen LogP contribution in [0.15, 0.2) is 0 Å². The maximum atomic E-state index is 11.2. The van der Waals surface area contributed by atoms with Crippen molar-refractivity contribution in [3.63, 3.8) is 0 Å². The fourth-order valence-electron chi connectivity index (χ4n) is 6.42. The van der Waals surface area contributed by atoms with Gasteiger partial charge in [0, 0.05) is 31.5 Å². The second-order valence-electron chi connectivity index (χ2n) is 12.0. The van der Waals surface area contributed by atoms with Gasteiger partial charge >= 0.3 is 0 Å². The summed E-state index contributed by atoms with van der Waals surface area (Å²) < 4.78 is 28.2. The Balaban J connectivity index is 1.49. The summed E-state index contributed by atoms with van der Waals surface area (Å²) in [5.41, 5.74) is 0. The smallest absolute Gasteiger partial charge is 0.187 e. The summed E-state index contributed by atoms with van der Waals surface area (Å²) in [4.78, 5) is 0. The molecule has 4 rings (SSSR count). The molecule has 2 aliphatic carbocycles. The molecule has 13 N–H and O–H groups in total. The van der Waals surface area contributed by atoms with Gasteiger partial charge in [-0.05, 0) is 12.8 Å². The molecule has 0 bridgehead atoms. The number of hydrogen-bond donors (Lipinski definition) is 13. The lowest BCUT2D eigenvalue weighted by Crippen LogP contribution is -2.63. The van der Waals surface area contributed by atoms with E-state index >= 15 is 0 Å². The molecule has 0 spiro atoms. The highest BCUT2D eigenvalue weighted by Crippen LogP contribution is 2.37. The van der Waals surface area contributed by atoms with Crippen LogP contribution in [0.3, 0.4) is 0 Å². The standard InChI is InChI=1S/C26H46O18/c27-4-8-1-11(17(33)20(36)15(8)31)42-24-16(32)9(5-28)2-12(18(24)34)41-13-3-10(6-29)40-26(19(13)35)44-23-14(7-30)43-25(39)22(38)21(23)37/h8-39H,1-7H2/t8?,9?,10?,11-,12-,13?,14?,15?,16+,17?,18-,19+,20+,21?,22+,23-,24?,25-,26+/m1/s1. The lowest BCUT2D eigenvalue weighted by atomic mass is 9.79. The fraction of sp³-hybridized carbons (Fsp3) is 1.00. The average molecular weight is 647 g/mol. The van der Waals surface area contributed by atoms with Crippen molar-refractivity contribution in [2.75, 3.05) is 26.4 Å². The monoisotopic (exact) mass is 646 g/mol. The maximum absolute atomic E-state index is 11.2. The van der Waals surface area contributed by atoms with Crippen LogP contribution >= 0.6 is 0 Å². The van der Waals surface area contributed by atoms with Gasteiger partial charge < -0.3 is 90.1 Å². The third kappa shape index (κ3) is 7.38. The van der Waals surface area contributed by atoms with E-state index in [0.29, 0.717) is 0 Å². The Kier molecular flexibility index (Phi) is 12.7. The molecule has 0 amide bonds. The van der Waals surface area contributed by atoms with Gasteiger partial charge in [0.15, 0.2) is 12.6 Å². The third-order valence-corrected chi connectivity index (χ3v) is 9.14. The molecule has 18 heteroatoms. The first kappa shape index (κ1) is 36.1. The van der Waals surface area contributed by atoms with Crippen LogP contribution in [0.1, 0.15) is 19.3 Å². The summed E-state index contributed by atoms with van der Waals surface area (Å²) in [6, 6.07) is 0. The molecule has 2 heterocycles. The van der Waals surface area contributed by atoms with E-state index in [1.165, 1.54) is 0 Å². The van der Waals surface area contributed by atoms with Gasteiger partial charge in [0.05, 0.1) is 49.8 Å². The molecule has 0 aromatic heterocycles. The molecular weight excluding hydrogens is 600 g/mol. The summed E-state index contributed by atoms with van der Waals surface area (Å²) in [7, 11) is 0. The normalized spacial score (nSPS) is 52.2. The highest BCUT2D eigenvalue weighted by atomic mass is 16.7. The van der Waals surface area contributed by atoms with Gasteiger partial charge in [-0.3, -0.25) is 0 Å². The van der Waals surface area contributed by atoms with Crippen LogP contribution in [0.25, 0.3) is 0 Å². The fourth-order valence-corrected chi connectivity index (χ4v) is 6.42. The molecule has 258 valence electrons. The van der Waals surface area contributed by atoms with Crippen LogP contribution in [-0.2, 0) is 23.7 Å². The molecule has 9 unspecified atom stereocenters. The SMILES string of the molecule is OCC1CC(O[C@@H]2CC(CO)[C@H](O)C(O[C@@H]3CC(CO)C(O)[C@H](O)C3O)[C@@H]2O)[C@H](O)[C@H](O[C@@H]2C(CO)O[C@@H](O)[C@@H](O)C2O)O1. The van der Waals surface area contributed by atoms with Gasteiger partial charge in [0.2, 0.25) is 0 Å². The van der Waals surface area contributed by atoms with Crippen LogP contribution < -0.4 is 0 Å². The molecule has 19 atom stereocenters. The Morgan fingerprint density at radius 2 is 1.05 bits per heavy atom. The lowest BCUT2D eigenvalue weighted by Gasteiger charge is -2.48. The third-order valence-electron chi connectivity index (χ3n) is 9.14. The molecule has 44 heavy (non-hydrogen) atoms. The van der Waals surface area contributed by atoms with E-state index in [4.69, 9.17) is 23.7 Å². The molecule has 4 fully saturated rings. The Bertz CT molecular complexity index is 882. The summed E-state index contributed by atoms with van der Waals surface area (Å²) in [5, 5.41) is 133. The highest BCUT2D eigenvalue weighted by molar-refractivity contribution is 4.99. The lowest BCUT2D eigenvalue weighted by molar-refractivity contribution is -0.350. The average Bonchev–Trinajstić information content (AvgIpc) is 3.01. The first-order valence-corrected chi connectivity index (χ1v) is 14.7. The minimum absolute atomic E-state index is 0.127. The van der Waals surface area contributed by atoms with E-state index in [2.05, 4.69) is 0 Å². The van der Waals surface area contributed by atoms with Gasteiger partial charge in [0.1, 0.15) is 54.9 Å². The summed E-state index contributed by atoms with van der Waals surface area (Å²) in [5.74, 6) is -1.78. The first-order chi connectivity index (χ1) is 20.9. The predicted molar refractivity (Wildman–Crippen MR) is 139 cm³/mol. The largest absolute Gasteiger partial charge is 0.396 e. The van der Waals surface area contributed by atoms with Gasteiger partial charge in [-0.2, -0.15) is 0 Å². The number of aliphatic hydroxyl groups excluding tert-OH is 13. The van der Waals surface area contributed by atoms with Gasteiger partial charge in [0.25, 0.3) is 0 Å². The van der Waals surface area contributed by atoms with Gasteiger partial charge in [-0.15, -0.1) is 0 Å². The highest BCUT2D eigenvalue weighted by Gasteiger charge is 2.52. The van der Waals surface area contributed by atoms with Crippen molar-refractivity contribution >= 4 is 0 Å². The minimum Gasteiger partial charge on any atom is -0.396 e. The van der Waals surface area contributed by atoms with Crippen molar-refractivity contribution in [1.29, 1.82) is 0 Å². The van der Waals surface area contributed by atoms with Crippen LogP contribution in [0, 0.1) is 11.8 Å². The molecule has 0 radical (unpaired) electrons. The van der Waals surface area contributed by atoms with Crippen LogP contribution in [-0.4, -0.2) is 197 Å². The summed E-state index contributed by atoms with van der Waals surface area (Å²) >= 11 is 0. The van der Waals surface area contributed by atoms with E-state index in [-0.39, 0.29) is 19.3 Å². The van der Waals surface area contributed by atoms with Crippen LogP contribution in [0.2, 0.25) is 0 Å². The molecule has 18 nitrogen and oxygen atoms in total. The molecule has 2 saturated carbocycles. The molecule has 4 aliphatic rings. The number of aliphatic hydroxyl groups is 13. The van der Waals surface area contributed by atoms with Crippen molar-refractivity contribution in [3.05, 3.63) is 0 Å². The van der Waals surface area contributed by atoms with Crippen molar-refractivity contribution in [2.45, 2.75) is 123 Å². The quantitative estimate of drug-likeness (QED) is 0.105. The van der Waals surface area contributed by atoms with Gasteiger partial charge in [-0.1, -0.05) is 0 Å². The molecule has 0 aromatic carbocycles. The zero-order valence-electron chi connectivity index (χ0n) is 23.8. The summed E-state index contributed by atoms with van der Waals surface area (Å²) in [6.07, 6.45) is -25.9. The number of ether oxygens (including phenoxy) is 5. The number of hydrogen-bond acceptors (Lipinski definition) is 18. The summed E-state index contributed by atoms with van der Waals surface area (Å²) in [6.45, 7) is -2.43. The van der Waals surface area contributed by atoms with Crippen molar-refractivity contribution in [2.24, 2.45) is 11.8 Å². The molecule has 0 aromatic rings. The minimum atomic E-state index is -1.82. The zero-order valence-corrected chi connectivity index (χ0v) is 23.8. The first-order valence-electron chi connectivity index (χ1n) is 14.7. The van der Waals surface area contributed by atoms with E-state index in [1.807, 2.05) is 0 Å². The molecular formula is C26H46O18. The predicted octanol–water partition coefficient (Wildman–Crippen LogP) is -7.39. The second-order valence-corrected chi connectivity index (χ2v) is 12.0. The Morgan fingerprint density at radius 1 is 0.455 bits per heavy atom. The molecule has 2 aliphatic heterocycles. The van der Waals surface area contributed by atoms with Crippen LogP contribution in [0.4, 0.5) is 0 Å².